The fourth-order valence-electron chi connectivity index (χ4n) is 2.30. The zero-order chi connectivity index (χ0) is 15.6. The standard InChI is InChI=1S/C16H18N2O2S2/c1-12-6-8-14(9-7-12)22(19,20)18-13-10-17-15-4-2-3-5-16(15)21-11-13/h2-9,13,17-18H,10-11H2,1H3. The third-order valence-electron chi connectivity index (χ3n) is 3.52. The monoisotopic (exact) mass is 334 g/mol. The molecule has 0 radical (unpaired) electrons. The maximum Gasteiger partial charge on any atom is 0.240 e. The van der Waals surface area contributed by atoms with Crippen LogP contribution in [0.5, 0.6) is 0 Å². The molecular formula is C16H18N2O2S2. The molecule has 2 aromatic carbocycles. The summed E-state index contributed by atoms with van der Waals surface area (Å²) in [5, 5.41) is 3.31. The normalized spacial score (nSPS) is 18.1. The molecule has 0 saturated carbocycles. The largest absolute Gasteiger partial charge is 0.383 e. The molecule has 2 aromatic rings. The van der Waals surface area contributed by atoms with Crippen molar-refractivity contribution in [3.63, 3.8) is 0 Å². The summed E-state index contributed by atoms with van der Waals surface area (Å²) >= 11 is 1.67. The van der Waals surface area contributed by atoms with Crippen LogP contribution >= 0.6 is 11.8 Å². The number of fused-ring (bicyclic) bond motifs is 1. The number of hydrogen-bond acceptors (Lipinski definition) is 4. The van der Waals surface area contributed by atoms with Gasteiger partial charge < -0.3 is 5.32 Å². The molecular weight excluding hydrogens is 316 g/mol. The Kier molecular flexibility index (Phi) is 4.42. The van der Waals surface area contributed by atoms with Crippen molar-refractivity contribution in [1.29, 1.82) is 0 Å². The molecule has 0 saturated heterocycles. The first-order chi connectivity index (χ1) is 10.5. The predicted molar refractivity (Wildman–Crippen MR) is 90.9 cm³/mol. The molecule has 1 aliphatic rings. The van der Waals surface area contributed by atoms with Crippen molar-refractivity contribution in [2.45, 2.75) is 22.8 Å². The second-order valence-electron chi connectivity index (χ2n) is 5.32. The van der Waals surface area contributed by atoms with Crippen molar-refractivity contribution in [3.05, 3.63) is 54.1 Å². The number of para-hydroxylation sites is 1. The van der Waals surface area contributed by atoms with Crippen LogP contribution in [-0.4, -0.2) is 26.8 Å². The van der Waals surface area contributed by atoms with Gasteiger partial charge >= 0.3 is 0 Å². The average molecular weight is 334 g/mol. The number of rotatable bonds is 3. The Bertz CT molecular complexity index is 731. The van der Waals surface area contributed by atoms with Gasteiger partial charge in [-0.25, -0.2) is 13.1 Å². The molecule has 0 aromatic heterocycles. The first-order valence-corrected chi connectivity index (χ1v) is 9.56. The number of aryl methyl sites for hydroxylation is 1. The van der Waals surface area contributed by atoms with E-state index < -0.39 is 10.0 Å². The first kappa shape index (κ1) is 15.4. The Hall–Kier alpha value is -1.50. The lowest BCUT2D eigenvalue weighted by atomic mass is 10.2. The molecule has 1 heterocycles. The highest BCUT2D eigenvalue weighted by Gasteiger charge is 2.22. The van der Waals surface area contributed by atoms with E-state index in [0.717, 1.165) is 16.1 Å². The zero-order valence-electron chi connectivity index (χ0n) is 12.2. The van der Waals surface area contributed by atoms with Crippen molar-refractivity contribution in [2.75, 3.05) is 17.6 Å². The van der Waals surface area contributed by atoms with Crippen molar-refractivity contribution < 1.29 is 8.42 Å². The highest BCUT2D eigenvalue weighted by atomic mass is 32.2. The van der Waals surface area contributed by atoms with E-state index in [1.807, 2.05) is 43.3 Å². The topological polar surface area (TPSA) is 58.2 Å². The second-order valence-corrected chi connectivity index (χ2v) is 8.10. The van der Waals surface area contributed by atoms with Gasteiger partial charge in [-0.05, 0) is 31.2 Å². The summed E-state index contributed by atoms with van der Waals surface area (Å²) in [5.41, 5.74) is 2.10. The number of anilines is 1. The molecule has 0 aliphatic carbocycles. The quantitative estimate of drug-likeness (QED) is 0.906. The van der Waals surface area contributed by atoms with Gasteiger partial charge in [0.2, 0.25) is 10.0 Å². The minimum atomic E-state index is -3.48. The van der Waals surface area contributed by atoms with E-state index in [2.05, 4.69) is 10.0 Å². The summed E-state index contributed by atoms with van der Waals surface area (Å²) in [7, 11) is -3.48. The Labute approximate surface area is 135 Å². The predicted octanol–water partition coefficient (Wildman–Crippen LogP) is 2.86. The molecule has 6 heteroatoms. The first-order valence-electron chi connectivity index (χ1n) is 7.09. The van der Waals surface area contributed by atoms with Crippen LogP contribution in [0, 0.1) is 6.92 Å². The lowest BCUT2D eigenvalue weighted by molar-refractivity contribution is 0.567. The van der Waals surface area contributed by atoms with Crippen molar-refractivity contribution in [1.82, 2.24) is 4.72 Å². The Morgan fingerprint density at radius 2 is 1.86 bits per heavy atom. The molecule has 116 valence electrons. The molecule has 1 unspecified atom stereocenters. The van der Waals surface area contributed by atoms with Crippen molar-refractivity contribution in [3.8, 4) is 0 Å². The van der Waals surface area contributed by atoms with E-state index >= 15 is 0 Å². The number of thioether (sulfide) groups is 1. The van der Waals surface area contributed by atoms with E-state index in [1.165, 1.54) is 0 Å². The van der Waals surface area contributed by atoms with Gasteiger partial charge in [0.25, 0.3) is 0 Å². The zero-order valence-corrected chi connectivity index (χ0v) is 13.9. The van der Waals surface area contributed by atoms with Crippen LogP contribution in [0.4, 0.5) is 5.69 Å². The third-order valence-corrected chi connectivity index (χ3v) is 6.29. The summed E-state index contributed by atoms with van der Waals surface area (Å²) in [4.78, 5) is 1.46. The number of hydrogen-bond donors (Lipinski definition) is 2. The molecule has 22 heavy (non-hydrogen) atoms. The summed E-state index contributed by atoms with van der Waals surface area (Å²) in [6.45, 7) is 2.52. The molecule has 2 N–H and O–H groups in total. The molecule has 3 rings (SSSR count). The van der Waals surface area contributed by atoms with Gasteiger partial charge in [0, 0.05) is 28.9 Å². The molecule has 0 bridgehead atoms. The molecule has 0 amide bonds. The number of benzene rings is 2. The Morgan fingerprint density at radius 3 is 2.64 bits per heavy atom. The summed E-state index contributed by atoms with van der Waals surface area (Å²) in [5.74, 6) is 0.703. The summed E-state index contributed by atoms with van der Waals surface area (Å²) in [6.07, 6.45) is 0. The number of nitrogens with one attached hydrogen (secondary N) is 2. The highest BCUT2D eigenvalue weighted by molar-refractivity contribution is 7.99. The minimum absolute atomic E-state index is 0.149. The maximum atomic E-state index is 12.4. The molecule has 0 spiro atoms. The summed E-state index contributed by atoms with van der Waals surface area (Å²) in [6, 6.07) is 14.8. The maximum absolute atomic E-state index is 12.4. The van der Waals surface area contributed by atoms with Crippen LogP contribution in [0.15, 0.2) is 58.3 Å². The lowest BCUT2D eigenvalue weighted by Gasteiger charge is -2.16. The summed E-state index contributed by atoms with van der Waals surface area (Å²) < 4.78 is 27.7. The SMILES string of the molecule is Cc1ccc(S(=O)(=O)NC2CNc3ccccc3SC2)cc1. The van der Waals surface area contributed by atoms with Crippen LogP contribution in [-0.2, 0) is 10.0 Å². The van der Waals surface area contributed by atoms with Crippen molar-refractivity contribution >= 4 is 27.5 Å². The van der Waals surface area contributed by atoms with Gasteiger partial charge in [0.05, 0.1) is 4.90 Å². The minimum Gasteiger partial charge on any atom is -0.383 e. The lowest BCUT2D eigenvalue weighted by Crippen LogP contribution is -2.40. The van der Waals surface area contributed by atoms with Gasteiger partial charge in [0.1, 0.15) is 0 Å². The molecule has 0 fully saturated rings. The van der Waals surface area contributed by atoms with Gasteiger partial charge in [-0.15, -0.1) is 11.8 Å². The molecule has 4 nitrogen and oxygen atoms in total. The van der Waals surface area contributed by atoms with E-state index in [0.29, 0.717) is 17.2 Å². The smallest absolute Gasteiger partial charge is 0.240 e. The molecule has 1 aliphatic heterocycles. The van der Waals surface area contributed by atoms with Gasteiger partial charge in [-0.2, -0.15) is 0 Å². The van der Waals surface area contributed by atoms with E-state index in [4.69, 9.17) is 0 Å². The Balaban J connectivity index is 1.72. The third kappa shape index (κ3) is 3.45. The highest BCUT2D eigenvalue weighted by Crippen LogP contribution is 2.30. The van der Waals surface area contributed by atoms with E-state index in [1.54, 1.807) is 23.9 Å². The van der Waals surface area contributed by atoms with Crippen LogP contribution in [0.3, 0.4) is 0 Å². The van der Waals surface area contributed by atoms with Gasteiger partial charge in [-0.3, -0.25) is 0 Å². The fourth-order valence-corrected chi connectivity index (χ4v) is 4.70. The second kappa shape index (κ2) is 6.32. The van der Waals surface area contributed by atoms with Crippen molar-refractivity contribution in [2.24, 2.45) is 0 Å². The fraction of sp³-hybridized carbons (Fsp3) is 0.250. The Morgan fingerprint density at radius 1 is 1.14 bits per heavy atom. The molecule has 1 atom stereocenters. The van der Waals surface area contributed by atoms with Crippen LogP contribution in [0.2, 0.25) is 0 Å². The number of sulfonamides is 1. The van der Waals surface area contributed by atoms with Crippen LogP contribution in [0.1, 0.15) is 5.56 Å². The van der Waals surface area contributed by atoms with Crippen LogP contribution < -0.4 is 10.0 Å². The average Bonchev–Trinajstić information content (AvgIpc) is 2.70. The van der Waals surface area contributed by atoms with Gasteiger partial charge in [-0.1, -0.05) is 29.8 Å². The van der Waals surface area contributed by atoms with E-state index in [-0.39, 0.29) is 6.04 Å². The van der Waals surface area contributed by atoms with E-state index in [9.17, 15) is 8.42 Å². The van der Waals surface area contributed by atoms with Gasteiger partial charge in [0.15, 0.2) is 0 Å². The van der Waals surface area contributed by atoms with Crippen LogP contribution in [0.25, 0.3) is 0 Å².